The van der Waals surface area contributed by atoms with Gasteiger partial charge in [-0.15, -0.1) is 0 Å². The number of hydrogen-bond donors (Lipinski definition) is 1. The molecule has 0 saturated heterocycles. The molecule has 3 nitrogen and oxygen atoms in total. The van der Waals surface area contributed by atoms with Crippen molar-refractivity contribution in [3.05, 3.63) is 35.4 Å². The molecule has 1 aromatic rings. The van der Waals surface area contributed by atoms with Gasteiger partial charge in [-0.3, -0.25) is 9.59 Å². The molecule has 1 saturated carbocycles. The average molecular weight is 232 g/mol. The van der Waals surface area contributed by atoms with E-state index in [1.807, 2.05) is 18.2 Å². The maximum Gasteiger partial charge on any atom is 0.304 e. The number of hydrogen-bond acceptors (Lipinski definition) is 2. The number of carbonyl (C=O) groups is 2. The van der Waals surface area contributed by atoms with Gasteiger partial charge in [-0.05, 0) is 30.4 Å². The van der Waals surface area contributed by atoms with Crippen molar-refractivity contribution in [2.75, 3.05) is 0 Å². The van der Waals surface area contributed by atoms with Gasteiger partial charge in [0.25, 0.3) is 0 Å². The number of carboxylic acid groups (broad SMARTS) is 1. The number of rotatable bonds is 5. The van der Waals surface area contributed by atoms with E-state index >= 15 is 0 Å². The van der Waals surface area contributed by atoms with E-state index in [4.69, 9.17) is 5.11 Å². The van der Waals surface area contributed by atoms with Crippen LogP contribution in [-0.2, 0) is 4.79 Å². The predicted octanol–water partition coefficient (Wildman–Crippen LogP) is 2.86. The highest BCUT2D eigenvalue weighted by Crippen LogP contribution is 2.40. The molecular formula is C14H16O3. The minimum absolute atomic E-state index is 0.0742. The number of carbonyl (C=O) groups excluding carboxylic acids is 1. The van der Waals surface area contributed by atoms with Crippen molar-refractivity contribution >= 4 is 11.8 Å². The van der Waals surface area contributed by atoms with Crippen LogP contribution in [0.2, 0.25) is 0 Å². The molecule has 17 heavy (non-hydrogen) atoms. The zero-order chi connectivity index (χ0) is 12.4. The van der Waals surface area contributed by atoms with Gasteiger partial charge in [0, 0.05) is 11.5 Å². The lowest BCUT2D eigenvalue weighted by Gasteiger charge is -2.08. The molecular weight excluding hydrogens is 216 g/mol. The average Bonchev–Trinajstić information content (AvgIpc) is 3.11. The third kappa shape index (κ3) is 2.93. The van der Waals surface area contributed by atoms with Gasteiger partial charge < -0.3 is 5.11 Å². The first kappa shape index (κ1) is 11.8. The number of aliphatic carboxylic acids is 1. The third-order valence-corrected chi connectivity index (χ3v) is 3.15. The van der Waals surface area contributed by atoms with Crippen molar-refractivity contribution in [2.24, 2.45) is 5.92 Å². The number of Topliss-reactive ketones (excluding diaryl/α,β-unsaturated/α-hetero) is 1. The SMILES string of the molecule is CC(CC(=O)O)C(=O)c1cccc(C2CC2)c1. The summed E-state index contributed by atoms with van der Waals surface area (Å²) in [5.74, 6) is -0.849. The fourth-order valence-electron chi connectivity index (χ4n) is 2.00. The van der Waals surface area contributed by atoms with Gasteiger partial charge in [-0.1, -0.05) is 25.1 Å². The summed E-state index contributed by atoms with van der Waals surface area (Å²) >= 11 is 0. The van der Waals surface area contributed by atoms with Crippen molar-refractivity contribution in [1.29, 1.82) is 0 Å². The second kappa shape index (κ2) is 4.70. The Morgan fingerprint density at radius 1 is 1.41 bits per heavy atom. The monoisotopic (exact) mass is 232 g/mol. The van der Waals surface area contributed by atoms with E-state index in [1.54, 1.807) is 13.0 Å². The van der Waals surface area contributed by atoms with Crippen molar-refractivity contribution < 1.29 is 14.7 Å². The molecule has 0 heterocycles. The minimum atomic E-state index is -0.927. The maximum atomic E-state index is 12.0. The third-order valence-electron chi connectivity index (χ3n) is 3.15. The molecule has 0 bridgehead atoms. The molecule has 1 atom stereocenters. The van der Waals surface area contributed by atoms with Crippen molar-refractivity contribution in [3.63, 3.8) is 0 Å². The summed E-state index contributed by atoms with van der Waals surface area (Å²) in [6.45, 7) is 1.67. The normalized spacial score (nSPS) is 16.5. The molecule has 1 unspecified atom stereocenters. The Hall–Kier alpha value is -1.64. The lowest BCUT2D eigenvalue weighted by atomic mass is 9.94. The van der Waals surface area contributed by atoms with Crippen LogP contribution in [-0.4, -0.2) is 16.9 Å². The zero-order valence-electron chi connectivity index (χ0n) is 9.85. The molecule has 1 aromatic carbocycles. The lowest BCUT2D eigenvalue weighted by molar-refractivity contribution is -0.137. The molecule has 1 N–H and O–H groups in total. The van der Waals surface area contributed by atoms with Crippen LogP contribution in [0.1, 0.15) is 48.0 Å². The largest absolute Gasteiger partial charge is 0.481 e. The first-order valence-electron chi connectivity index (χ1n) is 5.94. The standard InChI is InChI=1S/C14H16O3/c1-9(7-13(15)16)14(17)12-4-2-3-11(8-12)10-5-6-10/h2-4,8-10H,5-7H2,1H3,(H,15,16). The summed E-state index contributed by atoms with van der Waals surface area (Å²) in [5.41, 5.74) is 1.85. The van der Waals surface area contributed by atoms with Crippen molar-refractivity contribution in [3.8, 4) is 0 Å². The van der Waals surface area contributed by atoms with Crippen LogP contribution in [0.25, 0.3) is 0 Å². The molecule has 2 rings (SSSR count). The fraction of sp³-hybridized carbons (Fsp3) is 0.429. The Balaban J connectivity index is 2.12. The summed E-state index contributed by atoms with van der Waals surface area (Å²) in [6.07, 6.45) is 2.29. The summed E-state index contributed by atoms with van der Waals surface area (Å²) in [6, 6.07) is 7.61. The van der Waals surface area contributed by atoms with Crippen LogP contribution >= 0.6 is 0 Å². The van der Waals surface area contributed by atoms with Crippen LogP contribution < -0.4 is 0 Å². The fourth-order valence-corrected chi connectivity index (χ4v) is 2.00. The van der Waals surface area contributed by atoms with Crippen LogP contribution in [0.5, 0.6) is 0 Å². The Morgan fingerprint density at radius 2 is 2.12 bits per heavy atom. The van der Waals surface area contributed by atoms with E-state index < -0.39 is 11.9 Å². The van der Waals surface area contributed by atoms with Gasteiger partial charge in [-0.25, -0.2) is 0 Å². The molecule has 0 aromatic heterocycles. The van der Waals surface area contributed by atoms with E-state index in [1.165, 1.54) is 18.4 Å². The molecule has 1 aliphatic carbocycles. The smallest absolute Gasteiger partial charge is 0.304 e. The Morgan fingerprint density at radius 3 is 2.71 bits per heavy atom. The first-order valence-corrected chi connectivity index (χ1v) is 5.94. The minimum Gasteiger partial charge on any atom is -0.481 e. The Bertz CT molecular complexity index is 447. The molecule has 90 valence electrons. The Kier molecular flexibility index (Phi) is 3.27. The molecule has 0 spiro atoms. The number of carboxylic acids is 1. The highest BCUT2D eigenvalue weighted by molar-refractivity contribution is 5.99. The van der Waals surface area contributed by atoms with Gasteiger partial charge in [0.15, 0.2) is 5.78 Å². The molecule has 3 heteroatoms. The highest BCUT2D eigenvalue weighted by atomic mass is 16.4. The summed E-state index contributed by atoms with van der Waals surface area (Å²) in [5, 5.41) is 8.68. The van der Waals surface area contributed by atoms with E-state index in [0.29, 0.717) is 11.5 Å². The van der Waals surface area contributed by atoms with Gasteiger partial charge in [0.2, 0.25) is 0 Å². The first-order chi connectivity index (χ1) is 8.08. The van der Waals surface area contributed by atoms with Gasteiger partial charge >= 0.3 is 5.97 Å². The summed E-state index contributed by atoms with van der Waals surface area (Å²) in [7, 11) is 0. The molecule has 1 fully saturated rings. The van der Waals surface area contributed by atoms with E-state index in [0.717, 1.165) is 0 Å². The lowest BCUT2D eigenvalue weighted by Crippen LogP contribution is -2.15. The number of ketones is 1. The molecule has 0 radical (unpaired) electrons. The molecule has 0 aliphatic heterocycles. The molecule has 0 amide bonds. The van der Waals surface area contributed by atoms with Gasteiger partial charge in [0.05, 0.1) is 6.42 Å². The van der Waals surface area contributed by atoms with Crippen molar-refractivity contribution in [1.82, 2.24) is 0 Å². The van der Waals surface area contributed by atoms with Gasteiger partial charge in [0.1, 0.15) is 0 Å². The second-order valence-electron chi connectivity index (χ2n) is 4.76. The predicted molar refractivity (Wildman–Crippen MR) is 64.2 cm³/mol. The quantitative estimate of drug-likeness (QED) is 0.794. The zero-order valence-corrected chi connectivity index (χ0v) is 9.85. The summed E-state index contributed by atoms with van der Waals surface area (Å²) < 4.78 is 0. The maximum absolute atomic E-state index is 12.0. The van der Waals surface area contributed by atoms with Crippen LogP contribution in [0.4, 0.5) is 0 Å². The number of benzene rings is 1. The Labute approximate surface area is 100 Å². The van der Waals surface area contributed by atoms with Crippen LogP contribution in [0.15, 0.2) is 24.3 Å². The molecule has 1 aliphatic rings. The topological polar surface area (TPSA) is 54.4 Å². The van der Waals surface area contributed by atoms with Crippen molar-refractivity contribution in [2.45, 2.75) is 32.1 Å². The van der Waals surface area contributed by atoms with Gasteiger partial charge in [-0.2, -0.15) is 0 Å². The van der Waals surface area contributed by atoms with E-state index in [9.17, 15) is 9.59 Å². The highest BCUT2D eigenvalue weighted by Gasteiger charge is 2.25. The van der Waals surface area contributed by atoms with Crippen LogP contribution in [0.3, 0.4) is 0 Å². The van der Waals surface area contributed by atoms with E-state index in [-0.39, 0.29) is 12.2 Å². The summed E-state index contributed by atoms with van der Waals surface area (Å²) in [4.78, 5) is 22.6. The van der Waals surface area contributed by atoms with Crippen LogP contribution in [0, 0.1) is 5.92 Å². The second-order valence-corrected chi connectivity index (χ2v) is 4.76. The van der Waals surface area contributed by atoms with E-state index in [2.05, 4.69) is 0 Å².